The SMILES string of the molecule is CCc1nsc(SCCCC(C)(C)C#N)n1. The van der Waals surface area contributed by atoms with Crippen LogP contribution in [0.25, 0.3) is 0 Å². The van der Waals surface area contributed by atoms with E-state index in [1.165, 1.54) is 11.5 Å². The van der Waals surface area contributed by atoms with Crippen molar-refractivity contribution in [3.8, 4) is 6.07 Å². The Kier molecular flexibility index (Phi) is 5.23. The Labute approximate surface area is 105 Å². The van der Waals surface area contributed by atoms with E-state index in [-0.39, 0.29) is 5.41 Å². The van der Waals surface area contributed by atoms with Gasteiger partial charge in [-0.3, -0.25) is 0 Å². The molecule has 0 saturated carbocycles. The molecular formula is C11H17N3S2. The molecule has 1 rings (SSSR count). The Morgan fingerprint density at radius 2 is 2.25 bits per heavy atom. The molecular weight excluding hydrogens is 238 g/mol. The molecule has 0 spiro atoms. The molecule has 0 aliphatic heterocycles. The molecule has 16 heavy (non-hydrogen) atoms. The fourth-order valence-corrected chi connectivity index (χ4v) is 2.88. The maximum Gasteiger partial charge on any atom is 0.170 e. The first-order chi connectivity index (χ1) is 7.57. The van der Waals surface area contributed by atoms with Crippen LogP contribution in [0.15, 0.2) is 4.34 Å². The van der Waals surface area contributed by atoms with Crippen molar-refractivity contribution in [2.75, 3.05) is 5.75 Å². The first kappa shape index (κ1) is 13.5. The third kappa shape index (κ3) is 4.50. The minimum Gasteiger partial charge on any atom is -0.213 e. The van der Waals surface area contributed by atoms with E-state index in [4.69, 9.17) is 5.26 Å². The summed E-state index contributed by atoms with van der Waals surface area (Å²) < 4.78 is 5.28. The van der Waals surface area contributed by atoms with Crippen LogP contribution in [0.2, 0.25) is 0 Å². The maximum absolute atomic E-state index is 8.87. The summed E-state index contributed by atoms with van der Waals surface area (Å²) in [6.45, 7) is 6.03. The van der Waals surface area contributed by atoms with Crippen molar-refractivity contribution in [3.05, 3.63) is 5.82 Å². The van der Waals surface area contributed by atoms with Crippen molar-refractivity contribution in [2.24, 2.45) is 5.41 Å². The molecule has 0 saturated heterocycles. The maximum atomic E-state index is 8.87. The predicted molar refractivity (Wildman–Crippen MR) is 68.6 cm³/mol. The van der Waals surface area contributed by atoms with Gasteiger partial charge in [-0.05, 0) is 38.2 Å². The number of hydrogen-bond acceptors (Lipinski definition) is 5. The molecule has 1 aromatic rings. The normalized spacial score (nSPS) is 11.4. The van der Waals surface area contributed by atoms with E-state index in [1.807, 2.05) is 13.8 Å². The molecule has 0 N–H and O–H groups in total. The number of aromatic nitrogens is 2. The van der Waals surface area contributed by atoms with Crippen LogP contribution in [-0.4, -0.2) is 15.1 Å². The molecule has 3 nitrogen and oxygen atoms in total. The average molecular weight is 255 g/mol. The lowest BCUT2D eigenvalue weighted by Gasteiger charge is -2.13. The third-order valence-electron chi connectivity index (χ3n) is 2.24. The summed E-state index contributed by atoms with van der Waals surface area (Å²) in [5.74, 6) is 1.95. The van der Waals surface area contributed by atoms with Gasteiger partial charge in [0.25, 0.3) is 0 Å². The van der Waals surface area contributed by atoms with Crippen LogP contribution < -0.4 is 0 Å². The number of nitrogens with zero attached hydrogens (tertiary/aromatic N) is 3. The molecule has 0 radical (unpaired) electrons. The summed E-state index contributed by atoms with van der Waals surface area (Å²) in [4.78, 5) is 4.39. The van der Waals surface area contributed by atoms with Gasteiger partial charge in [0, 0.05) is 12.2 Å². The van der Waals surface area contributed by atoms with Gasteiger partial charge in [0.1, 0.15) is 5.82 Å². The molecule has 0 unspecified atom stereocenters. The Morgan fingerprint density at radius 3 is 2.81 bits per heavy atom. The van der Waals surface area contributed by atoms with Gasteiger partial charge in [-0.2, -0.15) is 9.64 Å². The Hall–Kier alpha value is -0.600. The van der Waals surface area contributed by atoms with Crippen LogP contribution in [0, 0.1) is 16.7 Å². The number of aryl methyl sites for hydroxylation is 1. The largest absolute Gasteiger partial charge is 0.213 e. The monoisotopic (exact) mass is 255 g/mol. The summed E-state index contributed by atoms with van der Waals surface area (Å²) in [6, 6.07) is 2.32. The molecule has 0 bridgehead atoms. The van der Waals surface area contributed by atoms with Gasteiger partial charge < -0.3 is 0 Å². The minimum atomic E-state index is -0.198. The predicted octanol–water partition coefficient (Wildman–Crippen LogP) is 3.52. The molecule has 0 atom stereocenters. The summed E-state index contributed by atoms with van der Waals surface area (Å²) >= 11 is 3.22. The topological polar surface area (TPSA) is 49.6 Å². The molecule has 5 heteroatoms. The highest BCUT2D eigenvalue weighted by Crippen LogP contribution is 2.25. The first-order valence-electron chi connectivity index (χ1n) is 5.44. The van der Waals surface area contributed by atoms with E-state index in [0.717, 1.165) is 35.2 Å². The van der Waals surface area contributed by atoms with Crippen LogP contribution in [0.3, 0.4) is 0 Å². The standard InChI is InChI=1S/C11H17N3S2/c1-4-9-13-10(16-14-9)15-7-5-6-11(2,3)8-12/h4-7H2,1-3H3. The Balaban J connectivity index is 2.24. The summed E-state index contributed by atoms with van der Waals surface area (Å²) in [5.41, 5.74) is -0.198. The van der Waals surface area contributed by atoms with Crippen molar-refractivity contribution in [1.29, 1.82) is 5.26 Å². The quantitative estimate of drug-likeness (QED) is 0.576. The number of nitriles is 1. The fraction of sp³-hybridized carbons (Fsp3) is 0.727. The van der Waals surface area contributed by atoms with E-state index in [1.54, 1.807) is 11.8 Å². The van der Waals surface area contributed by atoms with Crippen molar-refractivity contribution in [2.45, 2.75) is 44.4 Å². The molecule has 0 amide bonds. The molecule has 0 aliphatic carbocycles. The molecule has 0 aromatic carbocycles. The zero-order valence-electron chi connectivity index (χ0n) is 9.99. The minimum absolute atomic E-state index is 0.198. The Morgan fingerprint density at radius 1 is 1.50 bits per heavy atom. The third-order valence-corrected chi connectivity index (χ3v) is 4.20. The van der Waals surface area contributed by atoms with E-state index >= 15 is 0 Å². The number of thioether (sulfide) groups is 1. The summed E-state index contributed by atoms with van der Waals surface area (Å²) in [7, 11) is 0. The van der Waals surface area contributed by atoms with Gasteiger partial charge in [-0.15, -0.1) is 0 Å². The van der Waals surface area contributed by atoms with E-state index in [9.17, 15) is 0 Å². The first-order valence-corrected chi connectivity index (χ1v) is 7.20. The van der Waals surface area contributed by atoms with Crippen LogP contribution >= 0.6 is 23.3 Å². The van der Waals surface area contributed by atoms with Crippen molar-refractivity contribution in [3.63, 3.8) is 0 Å². The second kappa shape index (κ2) is 6.21. The van der Waals surface area contributed by atoms with E-state index < -0.39 is 0 Å². The van der Waals surface area contributed by atoms with Gasteiger partial charge in [0.2, 0.25) is 0 Å². The van der Waals surface area contributed by atoms with E-state index in [2.05, 4.69) is 22.4 Å². The van der Waals surface area contributed by atoms with Crippen molar-refractivity contribution in [1.82, 2.24) is 9.36 Å². The zero-order chi connectivity index (χ0) is 12.0. The Bertz CT molecular complexity index is 366. The highest BCUT2D eigenvalue weighted by molar-refractivity contribution is 8.00. The van der Waals surface area contributed by atoms with Gasteiger partial charge in [-0.25, -0.2) is 4.98 Å². The second-order valence-corrected chi connectivity index (χ2v) is 6.37. The zero-order valence-corrected chi connectivity index (χ0v) is 11.6. The second-order valence-electron chi connectivity index (χ2n) is 4.28. The van der Waals surface area contributed by atoms with Crippen LogP contribution in [-0.2, 0) is 6.42 Å². The molecule has 1 aromatic heterocycles. The highest BCUT2D eigenvalue weighted by atomic mass is 32.2. The average Bonchev–Trinajstić information content (AvgIpc) is 2.72. The molecule has 0 aliphatic rings. The van der Waals surface area contributed by atoms with Crippen LogP contribution in [0.1, 0.15) is 39.4 Å². The molecule has 0 fully saturated rings. The fourth-order valence-electron chi connectivity index (χ4n) is 1.17. The highest BCUT2D eigenvalue weighted by Gasteiger charge is 2.15. The smallest absolute Gasteiger partial charge is 0.170 e. The number of rotatable bonds is 6. The van der Waals surface area contributed by atoms with Crippen molar-refractivity contribution >= 4 is 23.3 Å². The van der Waals surface area contributed by atoms with Crippen molar-refractivity contribution < 1.29 is 0 Å². The summed E-state index contributed by atoms with van der Waals surface area (Å²) in [5, 5.41) is 8.87. The van der Waals surface area contributed by atoms with E-state index in [0.29, 0.717) is 0 Å². The molecule has 1 heterocycles. The number of hydrogen-bond donors (Lipinski definition) is 0. The van der Waals surface area contributed by atoms with Crippen LogP contribution in [0.5, 0.6) is 0 Å². The molecule has 88 valence electrons. The van der Waals surface area contributed by atoms with Crippen LogP contribution in [0.4, 0.5) is 0 Å². The van der Waals surface area contributed by atoms with Gasteiger partial charge >= 0.3 is 0 Å². The lowest BCUT2D eigenvalue weighted by atomic mass is 9.90. The van der Waals surface area contributed by atoms with Gasteiger partial charge in [0.05, 0.1) is 11.5 Å². The summed E-state index contributed by atoms with van der Waals surface area (Å²) in [6.07, 6.45) is 2.89. The lowest BCUT2D eigenvalue weighted by Crippen LogP contribution is -2.07. The van der Waals surface area contributed by atoms with Gasteiger partial charge in [0.15, 0.2) is 4.34 Å². The lowest BCUT2D eigenvalue weighted by molar-refractivity contribution is 0.448. The van der Waals surface area contributed by atoms with Gasteiger partial charge in [-0.1, -0.05) is 18.7 Å².